The Labute approximate surface area is 113 Å². The Morgan fingerprint density at radius 2 is 2.11 bits per heavy atom. The number of benzene rings is 1. The van der Waals surface area contributed by atoms with Gasteiger partial charge in [0.15, 0.2) is 0 Å². The predicted molar refractivity (Wildman–Crippen MR) is 74.5 cm³/mol. The van der Waals surface area contributed by atoms with Crippen molar-refractivity contribution < 1.29 is 14.7 Å². The van der Waals surface area contributed by atoms with Gasteiger partial charge < -0.3 is 10.0 Å². The molecule has 0 atom stereocenters. The molecule has 0 bridgehead atoms. The number of amides is 1. The maximum absolute atomic E-state index is 11.7. The van der Waals surface area contributed by atoms with Gasteiger partial charge in [0.2, 0.25) is 5.91 Å². The van der Waals surface area contributed by atoms with Gasteiger partial charge in [0.25, 0.3) is 0 Å². The topological polar surface area (TPSA) is 57.6 Å². The minimum Gasteiger partial charge on any atom is -0.478 e. The molecule has 0 aromatic heterocycles. The molecule has 4 nitrogen and oxygen atoms in total. The Morgan fingerprint density at radius 1 is 1.37 bits per heavy atom. The third-order valence-corrected chi connectivity index (χ3v) is 2.68. The lowest BCUT2D eigenvalue weighted by atomic mass is 10.1. The van der Waals surface area contributed by atoms with Crippen molar-refractivity contribution in [1.82, 2.24) is 4.90 Å². The van der Waals surface area contributed by atoms with E-state index in [1.807, 2.05) is 31.2 Å². The van der Waals surface area contributed by atoms with E-state index in [0.717, 1.165) is 23.6 Å². The van der Waals surface area contributed by atoms with E-state index < -0.39 is 5.97 Å². The summed E-state index contributed by atoms with van der Waals surface area (Å²) < 4.78 is 0. The van der Waals surface area contributed by atoms with Crippen LogP contribution in [0.25, 0.3) is 6.08 Å². The highest BCUT2D eigenvalue weighted by Gasteiger charge is 2.07. The standard InChI is InChI=1S/C15H19NO3/c1-3-5-14(17)16(2)11-13-7-4-6-12(10-13)8-9-15(18)19/h4,6-10H,3,5,11H2,1-2H3,(H,18,19)/b9-8+. The van der Waals surface area contributed by atoms with Crippen LogP contribution in [0.1, 0.15) is 30.9 Å². The first kappa shape index (κ1) is 15.0. The molecule has 0 spiro atoms. The number of nitrogens with zero attached hydrogens (tertiary/aromatic N) is 1. The number of carbonyl (C=O) groups excluding carboxylic acids is 1. The van der Waals surface area contributed by atoms with E-state index in [0.29, 0.717) is 13.0 Å². The summed E-state index contributed by atoms with van der Waals surface area (Å²) in [5.74, 6) is -0.852. The lowest BCUT2D eigenvalue weighted by Gasteiger charge is -2.17. The van der Waals surface area contributed by atoms with Crippen LogP contribution < -0.4 is 0 Å². The van der Waals surface area contributed by atoms with Crippen LogP contribution in [0.2, 0.25) is 0 Å². The molecule has 0 unspecified atom stereocenters. The predicted octanol–water partition coefficient (Wildman–Crippen LogP) is 2.54. The van der Waals surface area contributed by atoms with Crippen LogP contribution >= 0.6 is 0 Å². The quantitative estimate of drug-likeness (QED) is 0.801. The van der Waals surface area contributed by atoms with E-state index in [1.165, 1.54) is 0 Å². The van der Waals surface area contributed by atoms with Crippen molar-refractivity contribution in [3.8, 4) is 0 Å². The average Bonchev–Trinajstić information content (AvgIpc) is 2.37. The van der Waals surface area contributed by atoms with E-state index in [2.05, 4.69) is 0 Å². The zero-order chi connectivity index (χ0) is 14.3. The van der Waals surface area contributed by atoms with Gasteiger partial charge in [-0.05, 0) is 29.7 Å². The summed E-state index contributed by atoms with van der Waals surface area (Å²) >= 11 is 0. The average molecular weight is 261 g/mol. The zero-order valence-corrected chi connectivity index (χ0v) is 11.3. The second-order valence-corrected chi connectivity index (χ2v) is 4.42. The molecule has 102 valence electrons. The summed E-state index contributed by atoms with van der Waals surface area (Å²) in [5, 5.41) is 8.58. The van der Waals surface area contributed by atoms with E-state index >= 15 is 0 Å². The van der Waals surface area contributed by atoms with Gasteiger partial charge in [-0.2, -0.15) is 0 Å². The van der Waals surface area contributed by atoms with Crippen LogP contribution in [0.4, 0.5) is 0 Å². The maximum Gasteiger partial charge on any atom is 0.328 e. The van der Waals surface area contributed by atoms with Gasteiger partial charge >= 0.3 is 5.97 Å². The number of carbonyl (C=O) groups is 2. The molecule has 1 amide bonds. The number of hydrogen-bond acceptors (Lipinski definition) is 2. The molecule has 0 aliphatic rings. The Morgan fingerprint density at radius 3 is 2.74 bits per heavy atom. The fraction of sp³-hybridized carbons (Fsp3) is 0.333. The largest absolute Gasteiger partial charge is 0.478 e. The molecule has 1 aromatic carbocycles. The van der Waals surface area contributed by atoms with Crippen LogP contribution in [0.5, 0.6) is 0 Å². The summed E-state index contributed by atoms with van der Waals surface area (Å²) in [7, 11) is 1.78. The second kappa shape index (κ2) is 7.36. The van der Waals surface area contributed by atoms with Crippen LogP contribution in [0.3, 0.4) is 0 Å². The summed E-state index contributed by atoms with van der Waals surface area (Å²) in [6, 6.07) is 7.49. The van der Waals surface area contributed by atoms with Gasteiger partial charge in [-0.15, -0.1) is 0 Å². The van der Waals surface area contributed by atoms with E-state index in [4.69, 9.17) is 5.11 Å². The molecular weight excluding hydrogens is 242 g/mol. The van der Waals surface area contributed by atoms with E-state index in [-0.39, 0.29) is 5.91 Å². The van der Waals surface area contributed by atoms with Crippen LogP contribution in [0, 0.1) is 0 Å². The molecule has 0 saturated heterocycles. The molecule has 1 rings (SSSR count). The first-order valence-corrected chi connectivity index (χ1v) is 6.27. The summed E-state index contributed by atoms with van der Waals surface area (Å²) in [6.07, 6.45) is 4.03. The Balaban J connectivity index is 2.71. The molecule has 1 aromatic rings. The second-order valence-electron chi connectivity index (χ2n) is 4.42. The van der Waals surface area contributed by atoms with Crippen molar-refractivity contribution in [3.05, 3.63) is 41.5 Å². The number of rotatable bonds is 6. The van der Waals surface area contributed by atoms with Gasteiger partial charge in [0.05, 0.1) is 0 Å². The van der Waals surface area contributed by atoms with Crippen LogP contribution in [-0.2, 0) is 16.1 Å². The summed E-state index contributed by atoms with van der Waals surface area (Å²) in [4.78, 5) is 23.8. The first-order valence-electron chi connectivity index (χ1n) is 6.27. The summed E-state index contributed by atoms with van der Waals surface area (Å²) in [6.45, 7) is 2.51. The SMILES string of the molecule is CCCC(=O)N(C)Cc1cccc(/C=C/C(=O)O)c1. The lowest BCUT2D eigenvalue weighted by Crippen LogP contribution is -2.25. The number of carboxylic acids is 1. The molecular formula is C15H19NO3. The van der Waals surface area contributed by atoms with E-state index in [9.17, 15) is 9.59 Å². The minimum atomic E-state index is -0.972. The Kier molecular flexibility index (Phi) is 5.79. The molecule has 4 heteroatoms. The van der Waals surface area contributed by atoms with Crippen molar-refractivity contribution in [2.45, 2.75) is 26.3 Å². The van der Waals surface area contributed by atoms with Crippen molar-refractivity contribution in [1.29, 1.82) is 0 Å². The van der Waals surface area contributed by atoms with Crippen molar-refractivity contribution in [3.63, 3.8) is 0 Å². The van der Waals surface area contributed by atoms with Crippen molar-refractivity contribution in [2.75, 3.05) is 7.05 Å². The first-order chi connectivity index (χ1) is 9.02. The van der Waals surface area contributed by atoms with Gasteiger partial charge in [-0.3, -0.25) is 4.79 Å². The van der Waals surface area contributed by atoms with Crippen LogP contribution in [0.15, 0.2) is 30.3 Å². The molecule has 0 saturated carbocycles. The van der Waals surface area contributed by atoms with Gasteiger partial charge in [0.1, 0.15) is 0 Å². The normalized spacial score (nSPS) is 10.6. The Bertz CT molecular complexity index is 480. The number of hydrogen-bond donors (Lipinski definition) is 1. The third kappa shape index (κ3) is 5.38. The molecule has 0 radical (unpaired) electrons. The van der Waals surface area contributed by atoms with Crippen LogP contribution in [-0.4, -0.2) is 28.9 Å². The zero-order valence-electron chi connectivity index (χ0n) is 11.3. The molecule has 0 aliphatic carbocycles. The van der Waals surface area contributed by atoms with E-state index in [1.54, 1.807) is 18.0 Å². The van der Waals surface area contributed by atoms with Gasteiger partial charge in [-0.1, -0.05) is 25.1 Å². The smallest absolute Gasteiger partial charge is 0.328 e. The highest BCUT2D eigenvalue weighted by Crippen LogP contribution is 2.10. The van der Waals surface area contributed by atoms with Gasteiger partial charge in [-0.25, -0.2) is 4.79 Å². The van der Waals surface area contributed by atoms with Crippen molar-refractivity contribution in [2.24, 2.45) is 0 Å². The van der Waals surface area contributed by atoms with Gasteiger partial charge in [0, 0.05) is 26.1 Å². The fourth-order valence-electron chi connectivity index (χ4n) is 1.73. The lowest BCUT2D eigenvalue weighted by molar-refractivity contribution is -0.131. The number of aliphatic carboxylic acids is 1. The monoisotopic (exact) mass is 261 g/mol. The Hall–Kier alpha value is -2.10. The molecule has 1 N–H and O–H groups in total. The van der Waals surface area contributed by atoms with Crippen molar-refractivity contribution >= 4 is 18.0 Å². The molecule has 0 heterocycles. The number of carboxylic acid groups (broad SMARTS) is 1. The molecule has 19 heavy (non-hydrogen) atoms. The third-order valence-electron chi connectivity index (χ3n) is 2.68. The highest BCUT2D eigenvalue weighted by atomic mass is 16.4. The fourth-order valence-corrected chi connectivity index (χ4v) is 1.73. The molecule has 0 fully saturated rings. The minimum absolute atomic E-state index is 0.119. The summed E-state index contributed by atoms with van der Waals surface area (Å²) in [5.41, 5.74) is 1.80. The molecule has 0 aliphatic heterocycles. The maximum atomic E-state index is 11.7. The highest BCUT2D eigenvalue weighted by molar-refractivity contribution is 5.85.